The van der Waals surface area contributed by atoms with Gasteiger partial charge in [-0.15, -0.1) is 0 Å². The summed E-state index contributed by atoms with van der Waals surface area (Å²) >= 11 is 0. The van der Waals surface area contributed by atoms with Gasteiger partial charge in [0.05, 0.1) is 11.0 Å². The van der Waals surface area contributed by atoms with Crippen LogP contribution in [0.4, 0.5) is 0 Å². The third-order valence-electron chi connectivity index (χ3n) is 3.53. The molecule has 3 aromatic rings. The monoisotopic (exact) mass is 224 g/mol. The van der Waals surface area contributed by atoms with Crippen LogP contribution >= 0.6 is 0 Å². The molecule has 0 aliphatic carbocycles. The van der Waals surface area contributed by atoms with Crippen molar-refractivity contribution >= 4 is 21.8 Å². The molecule has 1 unspecified atom stereocenters. The molecule has 0 aliphatic heterocycles. The van der Waals surface area contributed by atoms with Crippen molar-refractivity contribution in [2.24, 2.45) is 0 Å². The zero-order valence-corrected chi connectivity index (χ0v) is 10.2. The Morgan fingerprint density at radius 3 is 2.88 bits per heavy atom. The predicted molar refractivity (Wildman–Crippen MR) is 72.3 cm³/mol. The molecule has 2 nitrogen and oxygen atoms in total. The summed E-state index contributed by atoms with van der Waals surface area (Å²) < 4.78 is 0. The molecule has 0 saturated carbocycles. The number of hydrogen-bond donors (Lipinski definition) is 1. The second-order valence-electron chi connectivity index (χ2n) is 4.64. The highest BCUT2D eigenvalue weighted by Gasteiger charge is 2.09. The van der Waals surface area contributed by atoms with Gasteiger partial charge in [0, 0.05) is 22.7 Å². The van der Waals surface area contributed by atoms with Gasteiger partial charge in [-0.25, -0.2) is 0 Å². The molecule has 86 valence electrons. The van der Waals surface area contributed by atoms with Crippen LogP contribution in [0.15, 0.2) is 36.5 Å². The van der Waals surface area contributed by atoms with Gasteiger partial charge < -0.3 is 4.98 Å². The van der Waals surface area contributed by atoms with Gasteiger partial charge in [0.25, 0.3) is 0 Å². The van der Waals surface area contributed by atoms with Gasteiger partial charge in [-0.1, -0.05) is 32.0 Å². The Labute approximate surface area is 101 Å². The molecule has 2 heterocycles. The highest BCUT2D eigenvalue weighted by Crippen LogP contribution is 2.27. The minimum atomic E-state index is 0.571. The summed E-state index contributed by atoms with van der Waals surface area (Å²) in [5.41, 5.74) is 3.54. The van der Waals surface area contributed by atoms with E-state index in [1.807, 2.05) is 12.3 Å². The number of pyridine rings is 1. The summed E-state index contributed by atoms with van der Waals surface area (Å²) in [6.07, 6.45) is 3.00. The molecule has 1 N–H and O–H groups in total. The number of nitrogens with one attached hydrogen (secondary N) is 1. The Morgan fingerprint density at radius 1 is 1.24 bits per heavy atom. The lowest BCUT2D eigenvalue weighted by molar-refractivity contribution is 0.715. The number of rotatable bonds is 2. The molecule has 0 fully saturated rings. The summed E-state index contributed by atoms with van der Waals surface area (Å²) in [7, 11) is 0. The van der Waals surface area contributed by atoms with Crippen molar-refractivity contribution < 1.29 is 0 Å². The third kappa shape index (κ3) is 1.60. The highest BCUT2D eigenvalue weighted by molar-refractivity contribution is 6.03. The van der Waals surface area contributed by atoms with Crippen LogP contribution in [0.3, 0.4) is 0 Å². The molecule has 17 heavy (non-hydrogen) atoms. The Kier molecular flexibility index (Phi) is 2.36. The van der Waals surface area contributed by atoms with Gasteiger partial charge in [0.2, 0.25) is 0 Å². The van der Waals surface area contributed by atoms with Crippen molar-refractivity contribution in [3.05, 3.63) is 42.2 Å². The van der Waals surface area contributed by atoms with Gasteiger partial charge in [-0.2, -0.15) is 0 Å². The van der Waals surface area contributed by atoms with Crippen LogP contribution in [0.5, 0.6) is 0 Å². The normalized spacial score (nSPS) is 13.3. The van der Waals surface area contributed by atoms with Gasteiger partial charge in [-0.05, 0) is 24.5 Å². The molecule has 2 heteroatoms. The number of benzene rings is 1. The van der Waals surface area contributed by atoms with E-state index >= 15 is 0 Å². The molecule has 1 atom stereocenters. The quantitative estimate of drug-likeness (QED) is 0.693. The van der Waals surface area contributed by atoms with Gasteiger partial charge in [0.1, 0.15) is 0 Å². The number of aromatic nitrogens is 2. The number of aromatic amines is 1. The first-order chi connectivity index (χ1) is 8.29. The van der Waals surface area contributed by atoms with Crippen molar-refractivity contribution in [2.45, 2.75) is 26.2 Å². The summed E-state index contributed by atoms with van der Waals surface area (Å²) in [4.78, 5) is 8.00. The van der Waals surface area contributed by atoms with E-state index in [1.165, 1.54) is 22.0 Å². The van der Waals surface area contributed by atoms with Crippen LogP contribution in [0, 0.1) is 0 Å². The molecule has 0 spiro atoms. The standard InChI is InChI=1S/C15H16N2/c1-3-10(2)13-9-12-7-6-11-5-4-8-16-14(11)15(12)17-13/h4-10,17H,3H2,1-2H3. The summed E-state index contributed by atoms with van der Waals surface area (Å²) in [5, 5.41) is 2.45. The fraction of sp³-hybridized carbons (Fsp3) is 0.267. The lowest BCUT2D eigenvalue weighted by atomic mass is 10.1. The van der Waals surface area contributed by atoms with E-state index in [9.17, 15) is 0 Å². The largest absolute Gasteiger partial charge is 0.356 e. The molecular weight excluding hydrogens is 208 g/mol. The molecule has 0 bridgehead atoms. The summed E-state index contributed by atoms with van der Waals surface area (Å²) in [6, 6.07) is 10.6. The zero-order valence-electron chi connectivity index (χ0n) is 10.2. The van der Waals surface area contributed by atoms with Crippen molar-refractivity contribution in [1.82, 2.24) is 9.97 Å². The van der Waals surface area contributed by atoms with Crippen LogP contribution in [0.1, 0.15) is 31.9 Å². The fourth-order valence-electron chi connectivity index (χ4n) is 2.25. The number of hydrogen-bond acceptors (Lipinski definition) is 1. The first-order valence-electron chi connectivity index (χ1n) is 6.16. The first-order valence-corrected chi connectivity index (χ1v) is 6.16. The van der Waals surface area contributed by atoms with Crippen LogP contribution < -0.4 is 0 Å². The van der Waals surface area contributed by atoms with E-state index in [0.717, 1.165) is 11.9 Å². The van der Waals surface area contributed by atoms with Gasteiger partial charge in [0.15, 0.2) is 0 Å². The van der Waals surface area contributed by atoms with E-state index in [2.05, 4.69) is 48.1 Å². The van der Waals surface area contributed by atoms with Crippen molar-refractivity contribution in [2.75, 3.05) is 0 Å². The van der Waals surface area contributed by atoms with Gasteiger partial charge >= 0.3 is 0 Å². The minimum Gasteiger partial charge on any atom is -0.356 e. The summed E-state index contributed by atoms with van der Waals surface area (Å²) in [6.45, 7) is 4.47. The van der Waals surface area contributed by atoms with Crippen molar-refractivity contribution in [3.63, 3.8) is 0 Å². The van der Waals surface area contributed by atoms with E-state index in [0.29, 0.717) is 5.92 Å². The predicted octanol–water partition coefficient (Wildman–Crippen LogP) is 4.23. The zero-order chi connectivity index (χ0) is 11.8. The Hall–Kier alpha value is -1.83. The second kappa shape index (κ2) is 3.88. The molecule has 1 aromatic carbocycles. The van der Waals surface area contributed by atoms with Crippen molar-refractivity contribution in [3.8, 4) is 0 Å². The van der Waals surface area contributed by atoms with E-state index in [1.54, 1.807) is 0 Å². The second-order valence-corrected chi connectivity index (χ2v) is 4.64. The number of fused-ring (bicyclic) bond motifs is 3. The van der Waals surface area contributed by atoms with Crippen LogP contribution in [-0.2, 0) is 0 Å². The van der Waals surface area contributed by atoms with E-state index < -0.39 is 0 Å². The van der Waals surface area contributed by atoms with Gasteiger partial charge in [-0.3, -0.25) is 4.98 Å². The molecule has 0 aliphatic rings. The highest BCUT2D eigenvalue weighted by atomic mass is 14.8. The lowest BCUT2D eigenvalue weighted by Crippen LogP contribution is -1.90. The molecule has 0 amide bonds. The molecule has 2 aromatic heterocycles. The molecule has 0 saturated heterocycles. The van der Waals surface area contributed by atoms with Crippen LogP contribution in [0.2, 0.25) is 0 Å². The maximum Gasteiger partial charge on any atom is 0.0942 e. The topological polar surface area (TPSA) is 28.7 Å². The first kappa shape index (κ1) is 10.3. The Balaban J connectivity index is 2.31. The lowest BCUT2D eigenvalue weighted by Gasteiger charge is -2.03. The Bertz CT molecular complexity index is 667. The average molecular weight is 224 g/mol. The minimum absolute atomic E-state index is 0.571. The average Bonchev–Trinajstić information content (AvgIpc) is 2.82. The maximum absolute atomic E-state index is 4.48. The SMILES string of the molecule is CCC(C)c1cc2ccc3cccnc3c2[nH]1. The number of H-pyrrole nitrogens is 1. The van der Waals surface area contributed by atoms with Crippen LogP contribution in [0.25, 0.3) is 21.8 Å². The smallest absolute Gasteiger partial charge is 0.0942 e. The van der Waals surface area contributed by atoms with E-state index in [-0.39, 0.29) is 0 Å². The number of nitrogens with zero attached hydrogens (tertiary/aromatic N) is 1. The molecular formula is C15H16N2. The summed E-state index contributed by atoms with van der Waals surface area (Å²) in [5.74, 6) is 0.571. The molecule has 0 radical (unpaired) electrons. The van der Waals surface area contributed by atoms with Crippen molar-refractivity contribution in [1.29, 1.82) is 0 Å². The molecule has 3 rings (SSSR count). The van der Waals surface area contributed by atoms with E-state index in [4.69, 9.17) is 0 Å². The maximum atomic E-state index is 4.48. The fourth-order valence-corrected chi connectivity index (χ4v) is 2.25. The van der Waals surface area contributed by atoms with Crippen LogP contribution in [-0.4, -0.2) is 9.97 Å². The third-order valence-corrected chi connectivity index (χ3v) is 3.53. The Morgan fingerprint density at radius 2 is 2.06 bits per heavy atom.